The molecule has 1 spiro atoms. The summed E-state index contributed by atoms with van der Waals surface area (Å²) in [6, 6.07) is 4.18. The van der Waals surface area contributed by atoms with Crippen LogP contribution < -0.4 is 4.90 Å². The van der Waals surface area contributed by atoms with Crippen LogP contribution in [0.3, 0.4) is 0 Å². The van der Waals surface area contributed by atoms with Crippen LogP contribution in [0, 0.1) is 19.3 Å². The van der Waals surface area contributed by atoms with E-state index < -0.39 is 0 Å². The number of hydrogen-bond acceptors (Lipinski definition) is 6. The van der Waals surface area contributed by atoms with Crippen molar-refractivity contribution in [3.8, 4) is 11.3 Å². The maximum Gasteiger partial charge on any atom is 0.153 e. The number of piperidine rings is 1. The van der Waals surface area contributed by atoms with Crippen molar-refractivity contribution in [1.82, 2.24) is 20.2 Å². The first-order valence-electron chi connectivity index (χ1n) is 10.8. The number of nitrogens with one attached hydrogen (secondary N) is 1. The summed E-state index contributed by atoms with van der Waals surface area (Å²) in [7, 11) is 0. The van der Waals surface area contributed by atoms with E-state index in [9.17, 15) is 5.11 Å². The maximum absolute atomic E-state index is 10.1. The number of aromatic amines is 1. The maximum atomic E-state index is 10.1. The van der Waals surface area contributed by atoms with E-state index in [0.717, 1.165) is 78.2 Å². The molecule has 2 aliphatic rings. The predicted octanol–water partition coefficient (Wildman–Crippen LogP) is 3.52. The van der Waals surface area contributed by atoms with Gasteiger partial charge in [0.2, 0.25) is 0 Å². The van der Waals surface area contributed by atoms with Gasteiger partial charge in [0.15, 0.2) is 5.82 Å². The van der Waals surface area contributed by atoms with Crippen LogP contribution in [0.5, 0.6) is 0 Å². The van der Waals surface area contributed by atoms with Gasteiger partial charge in [0.25, 0.3) is 0 Å². The summed E-state index contributed by atoms with van der Waals surface area (Å²) in [6.07, 6.45) is 5.53. The Morgan fingerprint density at radius 1 is 1.23 bits per heavy atom. The second kappa shape index (κ2) is 7.32. The molecule has 5 rings (SSSR count). The Bertz CT molecular complexity index is 1080. The zero-order chi connectivity index (χ0) is 20.9. The number of ether oxygens (including phenoxy) is 1. The van der Waals surface area contributed by atoms with Crippen molar-refractivity contribution in [2.45, 2.75) is 52.7 Å². The molecule has 0 radical (unpaired) electrons. The lowest BCUT2D eigenvalue weighted by atomic mass is 9.77. The molecule has 3 aromatic rings. The highest BCUT2D eigenvalue weighted by atomic mass is 16.5. The van der Waals surface area contributed by atoms with Crippen LogP contribution in [0.25, 0.3) is 22.2 Å². The molecule has 30 heavy (non-hydrogen) atoms. The van der Waals surface area contributed by atoms with Crippen molar-refractivity contribution in [2.75, 3.05) is 24.6 Å². The van der Waals surface area contributed by atoms with Crippen molar-refractivity contribution < 1.29 is 9.84 Å². The molecule has 0 aliphatic carbocycles. The molecule has 2 aromatic heterocycles. The minimum atomic E-state index is -0.122. The Morgan fingerprint density at radius 2 is 2.03 bits per heavy atom. The summed E-state index contributed by atoms with van der Waals surface area (Å²) in [4.78, 5) is 12.1. The largest absolute Gasteiger partial charge is 0.390 e. The Labute approximate surface area is 176 Å². The average molecular weight is 408 g/mol. The summed E-state index contributed by atoms with van der Waals surface area (Å²) in [5, 5.41) is 18.3. The van der Waals surface area contributed by atoms with Gasteiger partial charge in [-0.15, -0.1) is 0 Å². The van der Waals surface area contributed by atoms with Crippen molar-refractivity contribution in [2.24, 2.45) is 5.41 Å². The fourth-order valence-electron chi connectivity index (χ4n) is 5.10. The normalized spacial score (nSPS) is 21.1. The van der Waals surface area contributed by atoms with Crippen molar-refractivity contribution in [3.05, 3.63) is 35.3 Å². The number of anilines is 1. The second-order valence-electron chi connectivity index (χ2n) is 9.02. The lowest BCUT2D eigenvalue weighted by molar-refractivity contribution is 0.0975. The van der Waals surface area contributed by atoms with Crippen LogP contribution in [-0.4, -0.2) is 51.1 Å². The zero-order valence-electron chi connectivity index (χ0n) is 17.9. The van der Waals surface area contributed by atoms with Gasteiger partial charge in [-0.05, 0) is 63.1 Å². The number of benzene rings is 1. The highest BCUT2D eigenvalue weighted by Crippen LogP contribution is 2.43. The van der Waals surface area contributed by atoms with Crippen LogP contribution in [0.15, 0.2) is 18.3 Å². The lowest BCUT2D eigenvalue weighted by Gasteiger charge is -2.39. The fourth-order valence-corrected chi connectivity index (χ4v) is 5.10. The van der Waals surface area contributed by atoms with Crippen LogP contribution >= 0.6 is 0 Å². The van der Waals surface area contributed by atoms with Gasteiger partial charge in [-0.3, -0.25) is 5.10 Å². The van der Waals surface area contributed by atoms with Gasteiger partial charge < -0.3 is 14.7 Å². The van der Waals surface area contributed by atoms with Crippen LogP contribution in [0.4, 0.5) is 5.82 Å². The minimum Gasteiger partial charge on any atom is -0.390 e. The molecule has 0 unspecified atom stereocenters. The van der Waals surface area contributed by atoms with E-state index in [1.165, 1.54) is 0 Å². The molecule has 7 nitrogen and oxygen atoms in total. The monoisotopic (exact) mass is 407 g/mol. The predicted molar refractivity (Wildman–Crippen MR) is 116 cm³/mol. The molecular weight excluding hydrogens is 378 g/mol. The third kappa shape index (κ3) is 3.26. The van der Waals surface area contributed by atoms with E-state index in [2.05, 4.69) is 41.1 Å². The molecule has 0 bridgehead atoms. The van der Waals surface area contributed by atoms with Gasteiger partial charge in [0.05, 0.1) is 42.4 Å². The average Bonchev–Trinajstić information content (AvgIpc) is 3.34. The first-order chi connectivity index (χ1) is 14.5. The number of H-pyrrole nitrogens is 1. The summed E-state index contributed by atoms with van der Waals surface area (Å²) in [5.41, 5.74) is 5.77. The highest BCUT2D eigenvalue weighted by molar-refractivity contribution is 5.85. The summed E-state index contributed by atoms with van der Waals surface area (Å²) in [5.74, 6) is 0.820. The molecule has 2 saturated heterocycles. The SMILES string of the molecule is Cc1cc2cn[nH]c2cc1-c1nc(CO)c(N2CCC3(CC2)CO[C@@H](C)C3)nc1C. The van der Waals surface area contributed by atoms with Crippen LogP contribution in [-0.2, 0) is 11.3 Å². The number of aryl methyl sites for hydroxylation is 2. The first kappa shape index (κ1) is 19.5. The number of aliphatic hydroxyl groups excluding tert-OH is 1. The Balaban J connectivity index is 1.46. The molecule has 4 heterocycles. The zero-order valence-corrected chi connectivity index (χ0v) is 17.9. The number of hydrogen-bond donors (Lipinski definition) is 2. The van der Waals surface area contributed by atoms with E-state index in [-0.39, 0.29) is 6.61 Å². The van der Waals surface area contributed by atoms with Crippen LogP contribution in [0.2, 0.25) is 0 Å². The lowest BCUT2D eigenvalue weighted by Crippen LogP contribution is -2.41. The van der Waals surface area contributed by atoms with Crippen molar-refractivity contribution >= 4 is 16.7 Å². The van der Waals surface area contributed by atoms with Gasteiger partial charge in [-0.2, -0.15) is 5.10 Å². The molecule has 1 aromatic carbocycles. The number of nitrogens with zero attached hydrogens (tertiary/aromatic N) is 4. The number of rotatable bonds is 3. The molecule has 7 heteroatoms. The van der Waals surface area contributed by atoms with Crippen molar-refractivity contribution in [3.63, 3.8) is 0 Å². The van der Waals surface area contributed by atoms with Gasteiger partial charge in [-0.1, -0.05) is 0 Å². The number of aliphatic hydroxyl groups is 1. The minimum absolute atomic E-state index is 0.122. The molecule has 0 amide bonds. The van der Waals surface area contributed by atoms with Gasteiger partial charge in [0, 0.05) is 24.0 Å². The topological polar surface area (TPSA) is 87.2 Å². The second-order valence-corrected chi connectivity index (χ2v) is 9.02. The molecule has 0 saturated carbocycles. The van der Waals surface area contributed by atoms with Gasteiger partial charge >= 0.3 is 0 Å². The molecule has 2 fully saturated rings. The quantitative estimate of drug-likeness (QED) is 0.691. The summed E-state index contributed by atoms with van der Waals surface area (Å²) in [6.45, 7) is 8.84. The third-order valence-corrected chi connectivity index (χ3v) is 6.83. The Kier molecular flexibility index (Phi) is 4.75. The third-order valence-electron chi connectivity index (χ3n) is 6.83. The Morgan fingerprint density at radius 3 is 2.73 bits per heavy atom. The number of aromatic nitrogens is 4. The van der Waals surface area contributed by atoms with Gasteiger partial charge in [-0.25, -0.2) is 9.97 Å². The molecule has 158 valence electrons. The molecule has 2 aliphatic heterocycles. The first-order valence-corrected chi connectivity index (χ1v) is 10.8. The van der Waals surface area contributed by atoms with E-state index in [1.807, 2.05) is 13.1 Å². The van der Waals surface area contributed by atoms with E-state index in [1.54, 1.807) is 0 Å². The molecule has 2 N–H and O–H groups in total. The molecule has 1 atom stereocenters. The van der Waals surface area contributed by atoms with Crippen molar-refractivity contribution in [1.29, 1.82) is 0 Å². The standard InChI is InChI=1S/C23H29N5O2/c1-14-8-17-11-24-27-19(17)9-18(14)21-16(3)25-22(20(12-29)26-21)28-6-4-23(5-7-28)10-15(2)30-13-23/h8-9,11,15,29H,4-7,10,12-13H2,1-3H3,(H,24,27)/t15-/m0/s1. The smallest absolute Gasteiger partial charge is 0.153 e. The van der Waals surface area contributed by atoms with E-state index in [4.69, 9.17) is 14.7 Å². The van der Waals surface area contributed by atoms with E-state index in [0.29, 0.717) is 17.2 Å². The number of fused-ring (bicyclic) bond motifs is 1. The fraction of sp³-hybridized carbons (Fsp3) is 0.522. The Hall–Kier alpha value is -2.51. The van der Waals surface area contributed by atoms with Crippen LogP contribution in [0.1, 0.15) is 43.1 Å². The summed E-state index contributed by atoms with van der Waals surface area (Å²) >= 11 is 0. The summed E-state index contributed by atoms with van der Waals surface area (Å²) < 4.78 is 5.86. The van der Waals surface area contributed by atoms with Gasteiger partial charge in [0.1, 0.15) is 5.69 Å². The molecular formula is C23H29N5O2. The highest BCUT2D eigenvalue weighted by Gasteiger charge is 2.41. The van der Waals surface area contributed by atoms with E-state index >= 15 is 0 Å².